The third kappa shape index (κ3) is 3.56. The minimum Gasteiger partial charge on any atom is -0.481 e. The molecule has 2 heterocycles. The van der Waals surface area contributed by atoms with Gasteiger partial charge in [-0.25, -0.2) is 9.78 Å². The van der Waals surface area contributed by atoms with Crippen LogP contribution >= 0.6 is 0 Å². The fraction of sp³-hybridized carbons (Fsp3) is 0.353. The number of benzene rings is 1. The van der Waals surface area contributed by atoms with Gasteiger partial charge in [0, 0.05) is 37.3 Å². The van der Waals surface area contributed by atoms with Crippen LogP contribution in [-0.4, -0.2) is 44.6 Å². The first-order valence-corrected chi connectivity index (χ1v) is 8.00. The van der Waals surface area contributed by atoms with E-state index in [-0.39, 0.29) is 12.5 Å². The van der Waals surface area contributed by atoms with Gasteiger partial charge in [0.05, 0.1) is 18.6 Å². The van der Waals surface area contributed by atoms with Crippen LogP contribution in [0.15, 0.2) is 36.7 Å². The highest BCUT2D eigenvalue weighted by Gasteiger charge is 2.24. The number of carboxylic acids is 1. The van der Waals surface area contributed by atoms with Gasteiger partial charge in [0.1, 0.15) is 0 Å². The molecule has 0 atom stereocenters. The number of rotatable bonds is 5. The van der Waals surface area contributed by atoms with Crippen LogP contribution in [0.4, 0.5) is 4.79 Å². The SMILES string of the molecule is O=C(O)CCCNC(=O)N1CCc2c(ncn2-c2ccccc2)C1. The zero-order valence-corrected chi connectivity index (χ0v) is 13.3. The number of aromatic nitrogens is 2. The largest absolute Gasteiger partial charge is 0.481 e. The number of carboxylic acid groups (broad SMARTS) is 1. The number of imidazole rings is 1. The molecule has 7 heteroatoms. The standard InChI is InChI=1S/C17H20N4O3/c22-16(23)7-4-9-18-17(24)20-10-8-15-14(11-20)19-12-21(15)13-5-2-1-3-6-13/h1-3,5-6,12H,4,7-11H2,(H,18,24)(H,22,23). The number of urea groups is 1. The van der Waals surface area contributed by atoms with Crippen molar-refractivity contribution in [3.8, 4) is 5.69 Å². The highest BCUT2D eigenvalue weighted by Crippen LogP contribution is 2.21. The van der Waals surface area contributed by atoms with Gasteiger partial charge in [0.2, 0.25) is 0 Å². The Morgan fingerprint density at radius 1 is 1.25 bits per heavy atom. The lowest BCUT2D eigenvalue weighted by atomic mass is 10.1. The van der Waals surface area contributed by atoms with Crippen LogP contribution < -0.4 is 5.32 Å². The lowest BCUT2D eigenvalue weighted by molar-refractivity contribution is -0.137. The molecule has 0 radical (unpaired) electrons. The molecule has 7 nitrogen and oxygen atoms in total. The summed E-state index contributed by atoms with van der Waals surface area (Å²) in [6.07, 6.45) is 3.04. The monoisotopic (exact) mass is 328 g/mol. The molecular weight excluding hydrogens is 308 g/mol. The number of amides is 2. The number of para-hydroxylation sites is 1. The van der Waals surface area contributed by atoms with E-state index < -0.39 is 5.97 Å². The average molecular weight is 328 g/mol. The predicted molar refractivity (Wildman–Crippen MR) is 87.9 cm³/mol. The van der Waals surface area contributed by atoms with Gasteiger partial charge in [-0.15, -0.1) is 0 Å². The number of hydrogen-bond donors (Lipinski definition) is 2. The summed E-state index contributed by atoms with van der Waals surface area (Å²) in [7, 11) is 0. The van der Waals surface area contributed by atoms with Crippen LogP contribution in [0.25, 0.3) is 5.69 Å². The summed E-state index contributed by atoms with van der Waals surface area (Å²) in [6.45, 7) is 1.46. The molecule has 2 N–H and O–H groups in total. The molecule has 1 aliphatic rings. The van der Waals surface area contributed by atoms with E-state index in [2.05, 4.69) is 14.9 Å². The third-order valence-corrected chi connectivity index (χ3v) is 4.08. The lowest BCUT2D eigenvalue weighted by Gasteiger charge is -2.27. The second-order valence-corrected chi connectivity index (χ2v) is 5.74. The Morgan fingerprint density at radius 2 is 2.04 bits per heavy atom. The maximum atomic E-state index is 12.2. The molecule has 1 aromatic carbocycles. The minimum atomic E-state index is -0.849. The molecule has 1 aromatic heterocycles. The first kappa shape index (κ1) is 16.0. The molecule has 1 aliphatic heterocycles. The zero-order valence-electron chi connectivity index (χ0n) is 13.3. The highest BCUT2D eigenvalue weighted by molar-refractivity contribution is 5.74. The molecule has 0 spiro atoms. The van der Waals surface area contributed by atoms with Crippen LogP contribution in [0.2, 0.25) is 0 Å². The van der Waals surface area contributed by atoms with Gasteiger partial charge >= 0.3 is 12.0 Å². The van der Waals surface area contributed by atoms with E-state index in [1.54, 1.807) is 11.2 Å². The molecular formula is C17H20N4O3. The number of nitrogens with zero attached hydrogens (tertiary/aromatic N) is 3. The summed E-state index contributed by atoms with van der Waals surface area (Å²) >= 11 is 0. The van der Waals surface area contributed by atoms with Crippen molar-refractivity contribution in [3.63, 3.8) is 0 Å². The van der Waals surface area contributed by atoms with Crippen molar-refractivity contribution in [1.82, 2.24) is 19.8 Å². The molecule has 0 fully saturated rings. The van der Waals surface area contributed by atoms with Crippen molar-refractivity contribution < 1.29 is 14.7 Å². The van der Waals surface area contributed by atoms with Crippen LogP contribution in [0.3, 0.4) is 0 Å². The fourth-order valence-electron chi connectivity index (χ4n) is 2.84. The topological polar surface area (TPSA) is 87.5 Å². The number of carbonyl (C=O) groups is 2. The van der Waals surface area contributed by atoms with E-state index in [0.29, 0.717) is 26.1 Å². The van der Waals surface area contributed by atoms with E-state index in [1.807, 2.05) is 30.3 Å². The quantitative estimate of drug-likeness (QED) is 0.819. The van der Waals surface area contributed by atoms with E-state index in [4.69, 9.17) is 5.11 Å². The molecule has 0 unspecified atom stereocenters. The molecule has 0 bridgehead atoms. The van der Waals surface area contributed by atoms with Crippen molar-refractivity contribution in [2.24, 2.45) is 0 Å². The van der Waals surface area contributed by atoms with Gasteiger partial charge in [-0.3, -0.25) is 4.79 Å². The van der Waals surface area contributed by atoms with Gasteiger partial charge < -0.3 is 19.9 Å². The van der Waals surface area contributed by atoms with Crippen LogP contribution in [0.1, 0.15) is 24.2 Å². The maximum absolute atomic E-state index is 12.2. The molecule has 3 rings (SSSR count). The van der Waals surface area contributed by atoms with Crippen LogP contribution in [0.5, 0.6) is 0 Å². The molecule has 2 amide bonds. The third-order valence-electron chi connectivity index (χ3n) is 4.08. The Morgan fingerprint density at radius 3 is 2.79 bits per heavy atom. The summed E-state index contributed by atoms with van der Waals surface area (Å²) in [5.41, 5.74) is 3.11. The Balaban J connectivity index is 1.60. The fourth-order valence-corrected chi connectivity index (χ4v) is 2.84. The molecule has 0 saturated carbocycles. The normalized spacial score (nSPS) is 13.4. The molecule has 2 aromatic rings. The Bertz CT molecular complexity index is 727. The molecule has 24 heavy (non-hydrogen) atoms. The number of fused-ring (bicyclic) bond motifs is 1. The van der Waals surface area contributed by atoms with Crippen molar-refractivity contribution >= 4 is 12.0 Å². The molecule has 126 valence electrons. The van der Waals surface area contributed by atoms with Crippen molar-refractivity contribution in [3.05, 3.63) is 48.0 Å². The van der Waals surface area contributed by atoms with E-state index in [9.17, 15) is 9.59 Å². The summed E-state index contributed by atoms with van der Waals surface area (Å²) < 4.78 is 2.07. The molecule has 0 saturated heterocycles. The number of aliphatic carboxylic acids is 1. The van der Waals surface area contributed by atoms with E-state index in [0.717, 1.165) is 23.5 Å². The van der Waals surface area contributed by atoms with E-state index >= 15 is 0 Å². The number of carbonyl (C=O) groups excluding carboxylic acids is 1. The van der Waals surface area contributed by atoms with E-state index in [1.165, 1.54) is 0 Å². The maximum Gasteiger partial charge on any atom is 0.317 e. The van der Waals surface area contributed by atoms with Gasteiger partial charge in [-0.2, -0.15) is 0 Å². The Labute approximate surface area is 139 Å². The predicted octanol–water partition coefficient (Wildman–Crippen LogP) is 1.80. The number of hydrogen-bond acceptors (Lipinski definition) is 3. The smallest absolute Gasteiger partial charge is 0.317 e. The van der Waals surface area contributed by atoms with Gasteiger partial charge in [0.15, 0.2) is 0 Å². The number of nitrogens with one attached hydrogen (secondary N) is 1. The summed E-state index contributed by atoms with van der Waals surface area (Å²) in [6, 6.07) is 9.85. The minimum absolute atomic E-state index is 0.0614. The highest BCUT2D eigenvalue weighted by atomic mass is 16.4. The van der Waals surface area contributed by atoms with Crippen LogP contribution in [-0.2, 0) is 17.8 Å². The van der Waals surface area contributed by atoms with Gasteiger partial charge in [0.25, 0.3) is 0 Å². The zero-order chi connectivity index (χ0) is 16.9. The van der Waals surface area contributed by atoms with Crippen molar-refractivity contribution in [2.45, 2.75) is 25.8 Å². The first-order valence-electron chi connectivity index (χ1n) is 8.00. The van der Waals surface area contributed by atoms with Crippen LogP contribution in [0, 0.1) is 0 Å². The lowest BCUT2D eigenvalue weighted by Crippen LogP contribution is -2.43. The van der Waals surface area contributed by atoms with Crippen molar-refractivity contribution in [2.75, 3.05) is 13.1 Å². The Kier molecular flexibility index (Phi) is 4.79. The van der Waals surface area contributed by atoms with Gasteiger partial charge in [-0.05, 0) is 18.6 Å². The summed E-state index contributed by atoms with van der Waals surface area (Å²) in [5, 5.41) is 11.4. The van der Waals surface area contributed by atoms with Gasteiger partial charge in [-0.1, -0.05) is 18.2 Å². The molecule has 0 aliphatic carbocycles. The average Bonchev–Trinajstić information content (AvgIpc) is 3.02. The summed E-state index contributed by atoms with van der Waals surface area (Å²) in [5.74, 6) is -0.849. The summed E-state index contributed by atoms with van der Waals surface area (Å²) in [4.78, 5) is 28.8. The second kappa shape index (κ2) is 7.16. The first-order chi connectivity index (χ1) is 11.6. The van der Waals surface area contributed by atoms with Crippen molar-refractivity contribution in [1.29, 1.82) is 0 Å². The second-order valence-electron chi connectivity index (χ2n) is 5.74. The Hall–Kier alpha value is -2.83.